The molecule has 0 amide bonds. The predicted octanol–water partition coefficient (Wildman–Crippen LogP) is 4.40. The molecule has 1 unspecified atom stereocenters. The summed E-state index contributed by atoms with van der Waals surface area (Å²) < 4.78 is 0. The van der Waals surface area contributed by atoms with Crippen molar-refractivity contribution in [2.45, 2.75) is 18.2 Å². The molecule has 2 aromatic rings. The number of hydrogen-bond donors (Lipinski definition) is 0. The maximum Gasteiger partial charge on any atom is 0.179 e. The molecule has 0 aromatic carbocycles. The average molecular weight is 430 g/mol. The maximum atomic E-state index is 11.4. The molecule has 0 radical (unpaired) electrons. The van der Waals surface area contributed by atoms with Gasteiger partial charge in [0, 0.05) is 18.8 Å². The molecule has 0 saturated carbocycles. The number of Topliss-reactive ketones (excluding diaryl/α,β-unsaturated/α-hetero) is 1. The summed E-state index contributed by atoms with van der Waals surface area (Å²) in [5.41, 5.74) is 3.43. The first kappa shape index (κ1) is 20.0. The van der Waals surface area contributed by atoms with E-state index in [1.54, 1.807) is 30.6 Å². The van der Waals surface area contributed by atoms with Crippen LogP contribution in [-0.4, -0.2) is 21.1 Å². The van der Waals surface area contributed by atoms with Crippen LogP contribution >= 0.6 is 34.8 Å². The van der Waals surface area contributed by atoms with Gasteiger partial charge in [0.1, 0.15) is 11.6 Å². The molecular formula is C20H11Cl3N4O. The lowest BCUT2D eigenvalue weighted by molar-refractivity contribution is -0.114. The second-order valence-electron chi connectivity index (χ2n) is 5.93. The van der Waals surface area contributed by atoms with Crippen LogP contribution in [-0.2, 0) is 17.6 Å². The highest BCUT2D eigenvalue weighted by molar-refractivity contribution is 6.52. The monoisotopic (exact) mass is 428 g/mol. The second kappa shape index (κ2) is 8.54. The Morgan fingerprint density at radius 2 is 1.57 bits per heavy atom. The van der Waals surface area contributed by atoms with Crippen molar-refractivity contribution < 1.29 is 4.79 Å². The zero-order chi connectivity index (χ0) is 20.3. The summed E-state index contributed by atoms with van der Waals surface area (Å²) in [5, 5.41) is 17.8. The van der Waals surface area contributed by atoms with Crippen molar-refractivity contribution >= 4 is 50.7 Å². The molecular weight excluding hydrogens is 419 g/mol. The van der Waals surface area contributed by atoms with Gasteiger partial charge in [-0.2, -0.15) is 10.5 Å². The number of aromatic nitrogens is 2. The first-order valence-corrected chi connectivity index (χ1v) is 9.32. The minimum absolute atomic E-state index is 0.0119. The minimum atomic E-state index is -0.329. The van der Waals surface area contributed by atoms with E-state index < -0.39 is 0 Å². The van der Waals surface area contributed by atoms with E-state index in [9.17, 15) is 4.79 Å². The largest absolute Gasteiger partial charge is 0.293 e. The third kappa shape index (κ3) is 3.79. The van der Waals surface area contributed by atoms with Crippen molar-refractivity contribution in [3.63, 3.8) is 0 Å². The number of allylic oxidation sites excluding steroid dienone is 2. The van der Waals surface area contributed by atoms with E-state index in [4.69, 9.17) is 45.3 Å². The summed E-state index contributed by atoms with van der Waals surface area (Å²) in [6, 6.07) is 11.1. The Bertz CT molecular complexity index is 1110. The number of halogens is 3. The fraction of sp³-hybridized carbons (Fsp3) is 0.150. The molecule has 2 aliphatic rings. The molecule has 28 heavy (non-hydrogen) atoms. The number of nitriles is 2. The second-order valence-corrected chi connectivity index (χ2v) is 7.22. The molecule has 2 aromatic heterocycles. The molecule has 0 spiro atoms. The zero-order valence-corrected chi connectivity index (χ0v) is 16.6. The molecule has 2 heterocycles. The topological polar surface area (TPSA) is 90.4 Å². The third-order valence-corrected chi connectivity index (χ3v) is 5.35. The predicted molar refractivity (Wildman–Crippen MR) is 107 cm³/mol. The Kier molecular flexibility index (Phi) is 6.11. The SMILES string of the molecule is N#CC1=C(Cl)c2ncccc2CC1=O.N#CC1=C(Cl)c2ncccc2CC1Cl. The van der Waals surface area contributed by atoms with Gasteiger partial charge >= 0.3 is 0 Å². The number of hydrogen-bond acceptors (Lipinski definition) is 5. The van der Waals surface area contributed by atoms with Crippen LogP contribution in [0.2, 0.25) is 0 Å². The van der Waals surface area contributed by atoms with Gasteiger partial charge in [-0.25, -0.2) is 0 Å². The number of alkyl halides is 1. The Morgan fingerprint density at radius 3 is 2.18 bits per heavy atom. The fourth-order valence-electron chi connectivity index (χ4n) is 2.87. The van der Waals surface area contributed by atoms with Gasteiger partial charge in [-0.3, -0.25) is 14.8 Å². The number of ketones is 1. The van der Waals surface area contributed by atoms with Crippen LogP contribution in [0.1, 0.15) is 22.5 Å². The molecule has 0 aliphatic heterocycles. The first-order valence-electron chi connectivity index (χ1n) is 8.13. The standard InChI is InChI=1S/C10H6Cl2N2.C10H5ClN2O/c11-8-4-6-2-1-3-14-10(6)9(12)7(8)5-13;11-9-7(5-12)8(14)4-6-2-1-3-13-10(6)9/h1-3,8H,4H2;1-3H,4H2. The van der Waals surface area contributed by atoms with Crippen LogP contribution in [0.15, 0.2) is 47.8 Å². The van der Waals surface area contributed by atoms with Crippen LogP contribution in [0.3, 0.4) is 0 Å². The average Bonchev–Trinajstić information content (AvgIpc) is 2.69. The molecule has 5 nitrogen and oxygen atoms in total. The van der Waals surface area contributed by atoms with Crippen LogP contribution in [0.25, 0.3) is 10.1 Å². The molecule has 2 aliphatic carbocycles. The third-order valence-electron chi connectivity index (χ3n) is 4.23. The van der Waals surface area contributed by atoms with Crippen LogP contribution in [0.4, 0.5) is 0 Å². The minimum Gasteiger partial charge on any atom is -0.293 e. The van der Waals surface area contributed by atoms with Crippen molar-refractivity contribution in [1.82, 2.24) is 9.97 Å². The van der Waals surface area contributed by atoms with Crippen molar-refractivity contribution in [3.8, 4) is 12.1 Å². The number of pyridine rings is 2. The summed E-state index contributed by atoms with van der Waals surface area (Å²) >= 11 is 17.9. The van der Waals surface area contributed by atoms with Crippen molar-refractivity contribution in [2.75, 3.05) is 0 Å². The Hall–Kier alpha value is -2.70. The molecule has 0 saturated heterocycles. The fourth-order valence-corrected chi connectivity index (χ4v) is 3.91. The summed E-state index contributed by atoms with van der Waals surface area (Å²) in [6.45, 7) is 0. The highest BCUT2D eigenvalue weighted by atomic mass is 35.5. The summed E-state index contributed by atoms with van der Waals surface area (Å²) in [7, 11) is 0. The molecule has 8 heteroatoms. The van der Waals surface area contributed by atoms with Crippen LogP contribution < -0.4 is 0 Å². The summed E-state index contributed by atoms with van der Waals surface area (Å²) in [5.74, 6) is -0.238. The lowest BCUT2D eigenvalue weighted by atomic mass is 9.95. The van der Waals surface area contributed by atoms with Gasteiger partial charge in [-0.15, -0.1) is 11.6 Å². The van der Waals surface area contributed by atoms with E-state index in [0.717, 1.165) is 11.1 Å². The Morgan fingerprint density at radius 1 is 0.964 bits per heavy atom. The van der Waals surface area contributed by atoms with Crippen LogP contribution in [0.5, 0.6) is 0 Å². The zero-order valence-electron chi connectivity index (χ0n) is 14.3. The normalized spacial score (nSPS) is 17.6. The van der Waals surface area contributed by atoms with Gasteiger partial charge < -0.3 is 0 Å². The van der Waals surface area contributed by atoms with Crippen molar-refractivity contribution in [2.24, 2.45) is 0 Å². The number of nitrogens with zero attached hydrogens (tertiary/aromatic N) is 4. The first-order chi connectivity index (χ1) is 13.5. The molecule has 4 rings (SSSR count). The van der Waals surface area contributed by atoms with Crippen molar-refractivity contribution in [3.05, 3.63) is 70.3 Å². The van der Waals surface area contributed by atoms with Crippen molar-refractivity contribution in [1.29, 1.82) is 10.5 Å². The van der Waals surface area contributed by atoms with E-state index >= 15 is 0 Å². The molecule has 138 valence electrons. The van der Waals surface area contributed by atoms with E-state index in [1.165, 1.54) is 0 Å². The lowest BCUT2D eigenvalue weighted by Gasteiger charge is -2.18. The maximum absolute atomic E-state index is 11.4. The number of carbonyl (C=O) groups is 1. The smallest absolute Gasteiger partial charge is 0.179 e. The summed E-state index contributed by atoms with van der Waals surface area (Å²) in [6.07, 6.45) is 4.07. The molecule has 0 bridgehead atoms. The van der Waals surface area contributed by atoms with E-state index in [1.807, 2.05) is 18.2 Å². The van der Waals surface area contributed by atoms with Gasteiger partial charge in [0.2, 0.25) is 0 Å². The quantitative estimate of drug-likeness (QED) is 0.579. The van der Waals surface area contributed by atoms with E-state index in [0.29, 0.717) is 28.4 Å². The van der Waals surface area contributed by atoms with Gasteiger partial charge in [0.15, 0.2) is 5.78 Å². The Balaban J connectivity index is 0.000000161. The lowest BCUT2D eigenvalue weighted by Crippen LogP contribution is -2.14. The van der Waals surface area contributed by atoms with E-state index in [2.05, 4.69) is 9.97 Å². The molecule has 1 atom stereocenters. The highest BCUT2D eigenvalue weighted by Gasteiger charge is 2.26. The molecule has 0 fully saturated rings. The van der Waals surface area contributed by atoms with Gasteiger partial charge in [-0.05, 0) is 29.7 Å². The van der Waals surface area contributed by atoms with Gasteiger partial charge in [0.05, 0.1) is 38.5 Å². The highest BCUT2D eigenvalue weighted by Crippen LogP contribution is 2.34. The van der Waals surface area contributed by atoms with Crippen LogP contribution in [0, 0.1) is 22.7 Å². The number of carbonyl (C=O) groups excluding carboxylic acids is 1. The molecule has 0 N–H and O–H groups in total. The van der Waals surface area contributed by atoms with Gasteiger partial charge in [0.25, 0.3) is 0 Å². The number of fused-ring (bicyclic) bond motifs is 2. The Labute approximate surface area is 176 Å². The number of rotatable bonds is 0. The van der Waals surface area contributed by atoms with Gasteiger partial charge in [-0.1, -0.05) is 35.3 Å². The van der Waals surface area contributed by atoms with E-state index in [-0.39, 0.29) is 28.2 Å². The summed E-state index contributed by atoms with van der Waals surface area (Å²) in [4.78, 5) is 19.6.